The summed E-state index contributed by atoms with van der Waals surface area (Å²) in [5.74, 6) is -3.85. The van der Waals surface area contributed by atoms with Crippen LogP contribution in [0.4, 0.5) is 20.4 Å². The first kappa shape index (κ1) is 50.3. The van der Waals surface area contributed by atoms with Crippen LogP contribution in [0.2, 0.25) is 0 Å². The van der Waals surface area contributed by atoms with Crippen molar-refractivity contribution in [2.24, 2.45) is 0 Å². The van der Waals surface area contributed by atoms with Gasteiger partial charge in [0.1, 0.15) is 10.0 Å². The van der Waals surface area contributed by atoms with Gasteiger partial charge in [0.15, 0.2) is 46.3 Å². The molecule has 0 saturated carbocycles. The van der Waals surface area contributed by atoms with Gasteiger partial charge >= 0.3 is 5.97 Å². The minimum atomic E-state index is -1.66. The van der Waals surface area contributed by atoms with Gasteiger partial charge in [-0.25, -0.2) is 42.9 Å². The highest BCUT2D eigenvalue weighted by Gasteiger charge is 2.32. The van der Waals surface area contributed by atoms with E-state index >= 15 is 0 Å². The number of amides is 1. The number of aromatic nitrogens is 18. The monoisotopic (exact) mass is 1040 g/mol. The van der Waals surface area contributed by atoms with Crippen molar-refractivity contribution in [3.63, 3.8) is 0 Å². The smallest absolute Gasteiger partial charge is 0.377 e. The highest BCUT2D eigenvalue weighted by atomic mass is 32.1. The van der Waals surface area contributed by atoms with E-state index in [9.17, 15) is 28.0 Å². The molecule has 12 heterocycles. The Morgan fingerprint density at radius 2 is 1.07 bits per heavy atom. The number of aromatic amines is 4. The van der Waals surface area contributed by atoms with Gasteiger partial charge in [-0.1, -0.05) is 25.3 Å². The molecule has 0 spiro atoms. The molecule has 2 saturated heterocycles. The van der Waals surface area contributed by atoms with Crippen LogP contribution in [0.1, 0.15) is 35.6 Å². The molecule has 73 heavy (non-hydrogen) atoms. The van der Waals surface area contributed by atoms with Gasteiger partial charge in [0.2, 0.25) is 0 Å². The molecule has 2 fully saturated rings. The van der Waals surface area contributed by atoms with Gasteiger partial charge in [-0.3, -0.25) is 14.4 Å². The van der Waals surface area contributed by atoms with Crippen LogP contribution in [0, 0.1) is 11.6 Å². The van der Waals surface area contributed by atoms with E-state index < -0.39 is 35.1 Å². The number of hydrogen-bond acceptors (Lipinski definition) is 21. The summed E-state index contributed by atoms with van der Waals surface area (Å²) in [4.78, 5) is 76.0. The number of fused-ring (bicyclic) bond motifs is 2. The van der Waals surface area contributed by atoms with E-state index in [4.69, 9.17) is 5.11 Å². The van der Waals surface area contributed by atoms with Crippen molar-refractivity contribution in [1.29, 1.82) is 0 Å². The molecule has 0 atom stereocenters. The molecule has 10 aromatic rings. The van der Waals surface area contributed by atoms with E-state index in [1.54, 1.807) is 29.9 Å². The Morgan fingerprint density at radius 3 is 1.51 bits per heavy atom. The number of hydrogen-bond donors (Lipinski definition) is 6. The lowest BCUT2D eigenvalue weighted by Gasteiger charge is -2.34. The first-order valence-electron chi connectivity index (χ1n) is 21.1. The van der Waals surface area contributed by atoms with Crippen LogP contribution in [-0.2, 0) is 9.59 Å². The summed E-state index contributed by atoms with van der Waals surface area (Å²) in [6.07, 6.45) is 13.7. The largest absolute Gasteiger partial charge is 0.475 e. The minimum Gasteiger partial charge on any atom is -0.475 e. The van der Waals surface area contributed by atoms with E-state index in [1.807, 2.05) is 15.7 Å². The maximum Gasteiger partial charge on any atom is 0.377 e. The number of rotatable bonds is 10. The standard InChI is InChI=1S/C20H16FN11O2S.C11H6FN5O3.C9H12N6S.2CH4/c21-12-10-24-17(32-3-1-25-29-32)14-13(12)11(9-23-14)16(33)20(34)31-6-4-30(5-7-31)18-15(26-28-27-18)19-22-2-8-35-19;12-6-4-14-10(17-2-1-15-16-17)8-7(6)5(3-13-8)9(18)11(19)20;1-4-15(5-2-10-1)8-7(12-14-13-8)9-11-3-6-16-9;;/h1-3,8-10,23H,4-7H2,(H,26,27,28);1-4,13H,(H,19,20);3,6,10H,1-2,4-5H2,(H,12,13,14);2*1H4. The number of aliphatic carboxylic acids is 1. The first-order chi connectivity index (χ1) is 34.7. The first-order valence-corrected chi connectivity index (χ1v) is 22.9. The van der Waals surface area contributed by atoms with Crippen molar-refractivity contribution in [3.8, 4) is 33.0 Å². The molecular formula is C42H42F2N22O5S2. The normalized spacial score (nSPS) is 13.4. The van der Waals surface area contributed by atoms with Crippen LogP contribution in [0.5, 0.6) is 0 Å². The summed E-state index contributed by atoms with van der Waals surface area (Å²) < 4.78 is 31.2. The van der Waals surface area contributed by atoms with Crippen molar-refractivity contribution in [1.82, 2.24) is 101 Å². The number of carbonyl (C=O) groups excluding carboxylic acids is 3. The Labute approximate surface area is 417 Å². The Hall–Kier alpha value is -9.10. The molecule has 0 unspecified atom stereocenters. The third kappa shape index (κ3) is 9.98. The molecular weight excluding hydrogens is 995 g/mol. The van der Waals surface area contributed by atoms with Gasteiger partial charge in [-0.05, 0) is 0 Å². The van der Waals surface area contributed by atoms with Gasteiger partial charge in [0, 0.05) is 87.9 Å². The summed E-state index contributed by atoms with van der Waals surface area (Å²) in [6, 6.07) is 0. The average Bonchev–Trinajstić information content (AvgIpc) is 4.25. The highest BCUT2D eigenvalue weighted by Crippen LogP contribution is 2.31. The lowest BCUT2D eigenvalue weighted by atomic mass is 10.1. The number of nitrogens with one attached hydrogen (secondary N) is 5. The summed E-state index contributed by atoms with van der Waals surface area (Å²) in [7, 11) is 0. The number of thiazole rings is 2. The zero-order valence-electron chi connectivity index (χ0n) is 36.3. The molecule has 0 aromatic carbocycles. The topological polar surface area (TPSA) is 338 Å². The van der Waals surface area contributed by atoms with E-state index in [2.05, 4.69) is 91.6 Å². The molecule has 376 valence electrons. The number of carboxylic acids is 1. The van der Waals surface area contributed by atoms with Crippen molar-refractivity contribution in [2.45, 2.75) is 14.9 Å². The summed E-state index contributed by atoms with van der Waals surface area (Å²) in [5.41, 5.74) is 1.58. The summed E-state index contributed by atoms with van der Waals surface area (Å²) >= 11 is 3.04. The van der Waals surface area contributed by atoms with Crippen LogP contribution in [0.15, 0.2) is 72.7 Å². The van der Waals surface area contributed by atoms with Crippen molar-refractivity contribution in [2.75, 3.05) is 62.2 Å². The number of Topliss-reactive ketones (excluding diaryl/α,β-unsaturated/α-hetero) is 2. The van der Waals surface area contributed by atoms with Crippen LogP contribution in [0.3, 0.4) is 0 Å². The van der Waals surface area contributed by atoms with Crippen LogP contribution in [0.25, 0.3) is 54.8 Å². The molecule has 12 rings (SSSR count). The number of ketones is 2. The van der Waals surface area contributed by atoms with Crippen molar-refractivity contribution < 1.29 is 33.1 Å². The van der Waals surface area contributed by atoms with E-state index in [0.29, 0.717) is 37.7 Å². The number of halogens is 2. The summed E-state index contributed by atoms with van der Waals surface area (Å²) in [5, 5.41) is 54.4. The Balaban J connectivity index is 0.000000159. The fourth-order valence-electron chi connectivity index (χ4n) is 7.77. The number of H-pyrrole nitrogens is 4. The number of pyridine rings is 2. The maximum absolute atomic E-state index is 14.7. The lowest BCUT2D eigenvalue weighted by Crippen LogP contribution is -2.50. The molecule has 0 radical (unpaired) electrons. The zero-order valence-corrected chi connectivity index (χ0v) is 38.0. The number of carboxylic acid groups (broad SMARTS) is 1. The average molecular weight is 1040 g/mol. The van der Waals surface area contributed by atoms with E-state index in [1.165, 1.54) is 50.4 Å². The number of nitrogens with zero attached hydrogens (tertiary/aromatic N) is 17. The van der Waals surface area contributed by atoms with Crippen LogP contribution >= 0.6 is 22.7 Å². The molecule has 6 N–H and O–H groups in total. The fourth-order valence-corrected chi connectivity index (χ4v) is 9.01. The number of carbonyl (C=O) groups is 4. The minimum absolute atomic E-state index is 0. The predicted octanol–water partition coefficient (Wildman–Crippen LogP) is 3.22. The van der Waals surface area contributed by atoms with Gasteiger partial charge in [-0.2, -0.15) is 20.6 Å². The van der Waals surface area contributed by atoms with Gasteiger partial charge in [0.25, 0.3) is 17.5 Å². The van der Waals surface area contributed by atoms with Crippen molar-refractivity contribution >= 4 is 79.6 Å². The predicted molar refractivity (Wildman–Crippen MR) is 261 cm³/mol. The third-order valence-electron chi connectivity index (χ3n) is 11.1. The highest BCUT2D eigenvalue weighted by molar-refractivity contribution is 7.13. The molecule has 2 aliphatic heterocycles. The lowest BCUT2D eigenvalue weighted by molar-refractivity contribution is -0.131. The second-order valence-corrected chi connectivity index (χ2v) is 16.9. The van der Waals surface area contributed by atoms with Crippen LogP contribution < -0.4 is 15.1 Å². The molecule has 10 aromatic heterocycles. The molecule has 0 aliphatic carbocycles. The van der Waals surface area contributed by atoms with Gasteiger partial charge < -0.3 is 35.1 Å². The van der Waals surface area contributed by atoms with E-state index in [-0.39, 0.29) is 59.4 Å². The Morgan fingerprint density at radius 1 is 0.589 bits per heavy atom. The zero-order chi connectivity index (χ0) is 49.0. The van der Waals surface area contributed by atoms with Gasteiger partial charge in [0.05, 0.1) is 70.1 Å². The Bertz CT molecular complexity index is 3470. The van der Waals surface area contributed by atoms with Crippen molar-refractivity contribution in [3.05, 3.63) is 95.5 Å². The van der Waals surface area contributed by atoms with Crippen LogP contribution in [-0.4, -0.2) is 177 Å². The Kier molecular flexibility index (Phi) is 15.1. The molecule has 1 amide bonds. The molecule has 31 heteroatoms. The van der Waals surface area contributed by atoms with E-state index in [0.717, 1.165) is 66.3 Å². The summed E-state index contributed by atoms with van der Waals surface area (Å²) in [6.45, 7) is 5.40. The molecule has 2 aliphatic rings. The van der Waals surface area contributed by atoms with Gasteiger partial charge in [-0.15, -0.1) is 43.1 Å². The maximum atomic E-state index is 14.7. The molecule has 27 nitrogen and oxygen atoms in total. The second kappa shape index (κ2) is 21.9. The SMILES string of the molecule is C.C.O=C(C(=O)N1CCN(c2n[nH]nc2-c2nccs2)CC1)c1c[nH]c2c(-n3ccnn3)ncc(F)c12.O=C(O)C(=O)c1c[nH]c2c(-n3ccnn3)ncc(F)c12.c1csc(-c2n[nH]nc2N2CCNCC2)n1. The number of anilines is 2. The quantitative estimate of drug-likeness (QED) is 0.0846. The number of piperazine rings is 2. The second-order valence-electron chi connectivity index (χ2n) is 15.1. The molecule has 0 bridgehead atoms. The fraction of sp³-hybridized carbons (Fsp3) is 0.238. The third-order valence-corrected chi connectivity index (χ3v) is 12.6.